The smallest absolute Gasteiger partial charge is 0.238 e. The van der Waals surface area contributed by atoms with E-state index in [0.29, 0.717) is 18.8 Å². The van der Waals surface area contributed by atoms with Crippen LogP contribution < -0.4 is 11.1 Å². The summed E-state index contributed by atoms with van der Waals surface area (Å²) in [6, 6.07) is 3.88. The summed E-state index contributed by atoms with van der Waals surface area (Å²) in [5.74, 6) is -0.626. The molecule has 0 saturated carbocycles. The minimum atomic E-state index is -0.427. The first-order valence-electron chi connectivity index (χ1n) is 6.53. The highest BCUT2D eigenvalue weighted by molar-refractivity contribution is 5.95. The molecular formula is C14H22FN3O2. The lowest BCUT2D eigenvalue weighted by molar-refractivity contribution is -0.117. The van der Waals surface area contributed by atoms with Crippen LogP contribution in [0.15, 0.2) is 18.2 Å². The van der Waals surface area contributed by atoms with Gasteiger partial charge in [0.2, 0.25) is 5.91 Å². The van der Waals surface area contributed by atoms with Gasteiger partial charge in [0.1, 0.15) is 5.82 Å². The quantitative estimate of drug-likeness (QED) is 0.747. The summed E-state index contributed by atoms with van der Waals surface area (Å²) in [6.07, 6.45) is 0.177. The maximum Gasteiger partial charge on any atom is 0.238 e. The van der Waals surface area contributed by atoms with Crippen molar-refractivity contribution < 1.29 is 13.9 Å². The average molecular weight is 283 g/mol. The summed E-state index contributed by atoms with van der Waals surface area (Å²) in [4.78, 5) is 13.7. The Balaban J connectivity index is 2.39. The second kappa shape index (κ2) is 7.81. The van der Waals surface area contributed by atoms with E-state index >= 15 is 0 Å². The monoisotopic (exact) mass is 283 g/mol. The van der Waals surface area contributed by atoms with E-state index in [1.807, 2.05) is 25.8 Å². The molecule has 6 heteroatoms. The number of nitrogens with two attached hydrogens (primary N) is 1. The van der Waals surface area contributed by atoms with Gasteiger partial charge in [0.05, 0.1) is 30.6 Å². The average Bonchev–Trinajstić information content (AvgIpc) is 2.32. The van der Waals surface area contributed by atoms with Gasteiger partial charge in [0.25, 0.3) is 0 Å². The molecule has 0 atom stereocenters. The number of nitrogens with zero attached hydrogens (tertiary/aromatic N) is 1. The van der Waals surface area contributed by atoms with Gasteiger partial charge in [-0.15, -0.1) is 0 Å². The number of anilines is 2. The Morgan fingerprint density at radius 2 is 2.20 bits per heavy atom. The molecule has 0 saturated heterocycles. The molecule has 1 aromatic carbocycles. The van der Waals surface area contributed by atoms with Crippen LogP contribution in [0.4, 0.5) is 15.8 Å². The van der Waals surface area contributed by atoms with Crippen LogP contribution in [-0.2, 0) is 9.53 Å². The first-order chi connectivity index (χ1) is 9.38. The minimum Gasteiger partial charge on any atom is -0.397 e. The van der Waals surface area contributed by atoms with Crippen LogP contribution in [0.25, 0.3) is 0 Å². The molecule has 0 bridgehead atoms. The lowest BCUT2D eigenvalue weighted by Gasteiger charge is -2.17. The highest BCUT2D eigenvalue weighted by Crippen LogP contribution is 2.18. The molecule has 1 amide bonds. The van der Waals surface area contributed by atoms with Crippen LogP contribution in [0.1, 0.15) is 13.8 Å². The topological polar surface area (TPSA) is 67.6 Å². The summed E-state index contributed by atoms with van der Waals surface area (Å²) >= 11 is 0. The van der Waals surface area contributed by atoms with E-state index in [4.69, 9.17) is 10.5 Å². The van der Waals surface area contributed by atoms with Crippen molar-refractivity contribution in [1.82, 2.24) is 4.90 Å². The lowest BCUT2D eigenvalue weighted by Crippen LogP contribution is -2.33. The summed E-state index contributed by atoms with van der Waals surface area (Å²) in [5.41, 5.74) is 6.26. The third-order valence-corrected chi connectivity index (χ3v) is 2.63. The Hall–Kier alpha value is -1.66. The van der Waals surface area contributed by atoms with Crippen LogP contribution in [0, 0.1) is 5.82 Å². The Morgan fingerprint density at radius 3 is 2.80 bits per heavy atom. The molecular weight excluding hydrogens is 261 g/mol. The molecule has 112 valence electrons. The third kappa shape index (κ3) is 5.99. The van der Waals surface area contributed by atoms with Crippen molar-refractivity contribution >= 4 is 17.3 Å². The summed E-state index contributed by atoms with van der Waals surface area (Å²) in [7, 11) is 1.83. The Morgan fingerprint density at radius 1 is 1.50 bits per heavy atom. The van der Waals surface area contributed by atoms with E-state index in [-0.39, 0.29) is 24.2 Å². The third-order valence-electron chi connectivity index (χ3n) is 2.63. The van der Waals surface area contributed by atoms with Crippen LogP contribution in [0.3, 0.4) is 0 Å². The predicted octanol–water partition coefficient (Wildman–Crippen LogP) is 1.70. The van der Waals surface area contributed by atoms with Gasteiger partial charge in [-0.1, -0.05) is 0 Å². The summed E-state index contributed by atoms with van der Waals surface area (Å²) < 4.78 is 18.3. The maximum atomic E-state index is 12.9. The van der Waals surface area contributed by atoms with Gasteiger partial charge in [-0.25, -0.2) is 4.39 Å². The van der Waals surface area contributed by atoms with Crippen molar-refractivity contribution in [3.63, 3.8) is 0 Å². The van der Waals surface area contributed by atoms with Crippen molar-refractivity contribution in [1.29, 1.82) is 0 Å². The Labute approximate surface area is 118 Å². The van der Waals surface area contributed by atoms with Gasteiger partial charge in [-0.2, -0.15) is 0 Å². The number of hydrogen-bond acceptors (Lipinski definition) is 4. The molecule has 0 aliphatic rings. The standard InChI is InChI=1S/C14H22FN3O2/c1-10(2)20-7-6-18(3)9-14(19)17-13-5-4-11(15)8-12(13)16/h4-5,8,10H,6-7,9,16H2,1-3H3,(H,17,19). The van der Waals surface area contributed by atoms with Crippen LogP contribution >= 0.6 is 0 Å². The van der Waals surface area contributed by atoms with Crippen molar-refractivity contribution in [3.8, 4) is 0 Å². The maximum absolute atomic E-state index is 12.9. The Bertz CT molecular complexity index is 452. The van der Waals surface area contributed by atoms with Crippen LogP contribution in [-0.4, -0.2) is 43.7 Å². The van der Waals surface area contributed by atoms with E-state index in [1.54, 1.807) is 0 Å². The van der Waals surface area contributed by atoms with E-state index < -0.39 is 5.82 Å². The van der Waals surface area contributed by atoms with Gasteiger partial charge < -0.3 is 15.8 Å². The molecule has 1 aromatic rings. The largest absolute Gasteiger partial charge is 0.397 e. The molecule has 0 aromatic heterocycles. The van der Waals surface area contributed by atoms with Crippen LogP contribution in [0.2, 0.25) is 0 Å². The highest BCUT2D eigenvalue weighted by atomic mass is 19.1. The van der Waals surface area contributed by atoms with Gasteiger partial charge >= 0.3 is 0 Å². The number of amides is 1. The number of likely N-dealkylation sites (N-methyl/N-ethyl adjacent to an activating group) is 1. The number of nitrogens with one attached hydrogen (secondary N) is 1. The number of halogens is 1. The number of carbonyl (C=O) groups excluding carboxylic acids is 1. The number of benzene rings is 1. The SMILES string of the molecule is CC(C)OCCN(C)CC(=O)Nc1ccc(F)cc1N. The molecule has 0 unspecified atom stereocenters. The number of carbonyl (C=O) groups is 1. The molecule has 1 rings (SSSR count). The minimum absolute atomic E-state index is 0.177. The molecule has 0 aliphatic heterocycles. The van der Waals surface area contributed by atoms with Gasteiger partial charge in [-0.3, -0.25) is 9.69 Å². The zero-order chi connectivity index (χ0) is 15.1. The molecule has 0 radical (unpaired) electrons. The molecule has 3 N–H and O–H groups in total. The highest BCUT2D eigenvalue weighted by Gasteiger charge is 2.09. The van der Waals surface area contributed by atoms with E-state index in [0.717, 1.165) is 0 Å². The molecule has 0 fully saturated rings. The van der Waals surface area contributed by atoms with Crippen molar-refractivity contribution in [3.05, 3.63) is 24.0 Å². The van der Waals surface area contributed by atoms with Gasteiger partial charge in [-0.05, 0) is 39.1 Å². The number of ether oxygens (including phenoxy) is 1. The molecule has 0 spiro atoms. The zero-order valence-corrected chi connectivity index (χ0v) is 12.1. The number of nitrogen functional groups attached to an aromatic ring is 1. The predicted molar refractivity (Wildman–Crippen MR) is 78.0 cm³/mol. The lowest BCUT2D eigenvalue weighted by atomic mass is 10.2. The molecule has 20 heavy (non-hydrogen) atoms. The van der Waals surface area contributed by atoms with E-state index in [1.165, 1.54) is 18.2 Å². The molecule has 0 heterocycles. The molecule has 0 aliphatic carbocycles. The van der Waals surface area contributed by atoms with Crippen molar-refractivity contribution in [2.45, 2.75) is 20.0 Å². The fourth-order valence-corrected chi connectivity index (χ4v) is 1.61. The summed E-state index contributed by atoms with van der Waals surface area (Å²) in [5, 5.41) is 2.65. The first kappa shape index (κ1) is 16.4. The fourth-order valence-electron chi connectivity index (χ4n) is 1.61. The zero-order valence-electron chi connectivity index (χ0n) is 12.1. The fraction of sp³-hybridized carbons (Fsp3) is 0.500. The van der Waals surface area contributed by atoms with Gasteiger partial charge in [0, 0.05) is 6.54 Å². The van der Waals surface area contributed by atoms with Crippen molar-refractivity contribution in [2.24, 2.45) is 0 Å². The Kier molecular flexibility index (Phi) is 6.41. The summed E-state index contributed by atoms with van der Waals surface area (Å²) in [6.45, 7) is 5.37. The number of rotatable bonds is 7. The normalized spacial score (nSPS) is 11.1. The first-order valence-corrected chi connectivity index (χ1v) is 6.53. The van der Waals surface area contributed by atoms with Gasteiger partial charge in [0.15, 0.2) is 0 Å². The van der Waals surface area contributed by atoms with E-state index in [9.17, 15) is 9.18 Å². The van der Waals surface area contributed by atoms with E-state index in [2.05, 4.69) is 5.32 Å². The van der Waals surface area contributed by atoms with Crippen molar-refractivity contribution in [2.75, 3.05) is 37.8 Å². The molecule has 5 nitrogen and oxygen atoms in total. The van der Waals surface area contributed by atoms with Crippen LogP contribution in [0.5, 0.6) is 0 Å². The number of hydrogen-bond donors (Lipinski definition) is 2. The second-order valence-electron chi connectivity index (χ2n) is 4.94. The second-order valence-corrected chi connectivity index (χ2v) is 4.94.